The third kappa shape index (κ3) is 3.41. The Balaban J connectivity index is 1.87. The summed E-state index contributed by atoms with van der Waals surface area (Å²) in [6.07, 6.45) is 1.85. The van der Waals surface area contributed by atoms with Crippen molar-refractivity contribution in [3.05, 3.63) is 100 Å². The number of nitrogens with zero attached hydrogens (tertiary/aromatic N) is 3. The summed E-state index contributed by atoms with van der Waals surface area (Å²) in [4.78, 5) is 9.74. The van der Waals surface area contributed by atoms with Crippen molar-refractivity contribution in [3.63, 3.8) is 0 Å². The summed E-state index contributed by atoms with van der Waals surface area (Å²) in [5, 5.41) is 0. The summed E-state index contributed by atoms with van der Waals surface area (Å²) in [7, 11) is 0. The molecular formula is C24H15Br2N3. The molecule has 0 amide bonds. The third-order valence-corrected chi connectivity index (χ3v) is 5.67. The van der Waals surface area contributed by atoms with E-state index in [0.717, 1.165) is 48.3 Å². The molecule has 0 spiro atoms. The lowest BCUT2D eigenvalue weighted by atomic mass is 10.1. The fourth-order valence-electron chi connectivity index (χ4n) is 3.53. The molecule has 2 aromatic heterocycles. The van der Waals surface area contributed by atoms with Gasteiger partial charge in [-0.2, -0.15) is 0 Å². The lowest BCUT2D eigenvalue weighted by Crippen LogP contribution is -1.97. The summed E-state index contributed by atoms with van der Waals surface area (Å²) in [6, 6.07) is 28.7. The number of benzene rings is 3. The molecule has 0 saturated heterocycles. The van der Waals surface area contributed by atoms with Crippen molar-refractivity contribution in [3.8, 4) is 28.3 Å². The summed E-state index contributed by atoms with van der Waals surface area (Å²) in [5.41, 5.74) is 5.92. The van der Waals surface area contributed by atoms with Crippen LogP contribution in [0.3, 0.4) is 0 Å². The molecule has 0 aliphatic rings. The maximum Gasteiger partial charge on any atom is 0.145 e. The topological polar surface area (TPSA) is 30.7 Å². The second-order valence-corrected chi connectivity index (χ2v) is 8.49. The Hall–Kier alpha value is -2.76. The van der Waals surface area contributed by atoms with Crippen LogP contribution >= 0.6 is 31.9 Å². The van der Waals surface area contributed by atoms with Crippen LogP contribution in [0.4, 0.5) is 0 Å². The Bertz CT molecular complexity index is 1290. The highest BCUT2D eigenvalue weighted by Gasteiger charge is 2.18. The molecule has 0 fully saturated rings. The van der Waals surface area contributed by atoms with Gasteiger partial charge in [-0.05, 0) is 36.4 Å². The first-order valence-electron chi connectivity index (χ1n) is 9.15. The van der Waals surface area contributed by atoms with E-state index >= 15 is 0 Å². The Labute approximate surface area is 185 Å². The van der Waals surface area contributed by atoms with Crippen LogP contribution in [0.15, 0.2) is 100 Å². The molecule has 0 saturated carbocycles. The largest absolute Gasteiger partial charge is 0.292 e. The number of imidazole rings is 1. The van der Waals surface area contributed by atoms with Crippen LogP contribution in [0.25, 0.3) is 39.4 Å². The molecule has 2 heterocycles. The summed E-state index contributed by atoms with van der Waals surface area (Å²) in [5.74, 6) is 0.874. The molecule has 5 aromatic rings. The predicted octanol–water partition coefficient (Wildman–Crippen LogP) is 7.28. The van der Waals surface area contributed by atoms with E-state index in [2.05, 4.69) is 77.8 Å². The van der Waals surface area contributed by atoms with E-state index in [1.54, 1.807) is 0 Å². The average Bonchev–Trinajstić information content (AvgIpc) is 3.14. The number of fused-ring (bicyclic) bond motifs is 1. The lowest BCUT2D eigenvalue weighted by molar-refractivity contribution is 1.10. The smallest absolute Gasteiger partial charge is 0.145 e. The number of rotatable bonds is 3. The second-order valence-electron chi connectivity index (χ2n) is 6.66. The van der Waals surface area contributed by atoms with E-state index in [4.69, 9.17) is 4.98 Å². The van der Waals surface area contributed by atoms with Crippen molar-refractivity contribution < 1.29 is 0 Å². The number of hydrogen-bond donors (Lipinski definition) is 0. The molecule has 3 nitrogen and oxygen atoms in total. The molecule has 0 bridgehead atoms. The van der Waals surface area contributed by atoms with Crippen LogP contribution in [-0.4, -0.2) is 14.5 Å². The minimum absolute atomic E-state index is 0.874. The molecule has 0 N–H and O–H groups in total. The van der Waals surface area contributed by atoms with Gasteiger partial charge in [-0.15, -0.1) is 0 Å². The molecular weight excluding hydrogens is 490 g/mol. The number of halogens is 2. The summed E-state index contributed by atoms with van der Waals surface area (Å²) >= 11 is 7.21. The second kappa shape index (κ2) is 7.58. The zero-order chi connectivity index (χ0) is 19.8. The van der Waals surface area contributed by atoms with Gasteiger partial charge in [-0.25, -0.2) is 4.98 Å². The van der Waals surface area contributed by atoms with Crippen molar-refractivity contribution in [1.82, 2.24) is 14.5 Å². The van der Waals surface area contributed by atoms with Gasteiger partial charge >= 0.3 is 0 Å². The monoisotopic (exact) mass is 503 g/mol. The van der Waals surface area contributed by atoms with Crippen LogP contribution in [0, 0.1) is 0 Å². The van der Waals surface area contributed by atoms with Crippen LogP contribution < -0.4 is 0 Å². The van der Waals surface area contributed by atoms with Crippen molar-refractivity contribution >= 4 is 42.9 Å². The number of pyridine rings is 1. The van der Waals surface area contributed by atoms with Gasteiger partial charge in [0.2, 0.25) is 0 Å². The third-order valence-electron chi connectivity index (χ3n) is 4.76. The fraction of sp³-hybridized carbons (Fsp3) is 0. The number of aromatic nitrogens is 3. The highest BCUT2D eigenvalue weighted by Crippen LogP contribution is 2.35. The molecule has 0 aliphatic carbocycles. The zero-order valence-electron chi connectivity index (χ0n) is 15.3. The van der Waals surface area contributed by atoms with E-state index in [1.807, 2.05) is 54.7 Å². The van der Waals surface area contributed by atoms with E-state index < -0.39 is 0 Å². The van der Waals surface area contributed by atoms with Gasteiger partial charge < -0.3 is 0 Å². The normalized spacial score (nSPS) is 11.1. The van der Waals surface area contributed by atoms with Gasteiger partial charge in [0.25, 0.3) is 0 Å². The molecule has 140 valence electrons. The van der Waals surface area contributed by atoms with Crippen LogP contribution in [0.1, 0.15) is 0 Å². The van der Waals surface area contributed by atoms with Gasteiger partial charge in [0.1, 0.15) is 11.3 Å². The number of para-hydroxylation sites is 1. The highest BCUT2D eigenvalue weighted by molar-refractivity contribution is 9.11. The van der Waals surface area contributed by atoms with Gasteiger partial charge in [0, 0.05) is 32.0 Å². The molecule has 0 radical (unpaired) electrons. The molecule has 5 rings (SSSR count). The standard InChI is InChI=1S/C24H15Br2N3/c25-18-13-17(14-19(26)15-18)24-28-23-21(29(24)20-9-5-2-6-10-20)11-12-27-22(23)16-7-3-1-4-8-16/h1-15H. The molecule has 29 heavy (non-hydrogen) atoms. The Morgan fingerprint density at radius 3 is 2.03 bits per heavy atom. The Kier molecular flexibility index (Phi) is 4.78. The van der Waals surface area contributed by atoms with Crippen LogP contribution in [-0.2, 0) is 0 Å². The van der Waals surface area contributed by atoms with Gasteiger partial charge in [0.05, 0.1) is 11.2 Å². The minimum atomic E-state index is 0.874. The van der Waals surface area contributed by atoms with Crippen molar-refractivity contribution in [2.75, 3.05) is 0 Å². The quantitative estimate of drug-likeness (QED) is 0.258. The highest BCUT2D eigenvalue weighted by atomic mass is 79.9. The van der Waals surface area contributed by atoms with Gasteiger partial charge in [-0.1, -0.05) is 80.4 Å². The Morgan fingerprint density at radius 2 is 1.34 bits per heavy atom. The van der Waals surface area contributed by atoms with Gasteiger partial charge in [0.15, 0.2) is 0 Å². The van der Waals surface area contributed by atoms with Crippen molar-refractivity contribution in [1.29, 1.82) is 0 Å². The Morgan fingerprint density at radius 1 is 0.690 bits per heavy atom. The van der Waals surface area contributed by atoms with E-state index in [1.165, 1.54) is 0 Å². The average molecular weight is 505 g/mol. The summed E-state index contributed by atoms with van der Waals surface area (Å²) < 4.78 is 4.18. The molecule has 5 heteroatoms. The minimum Gasteiger partial charge on any atom is -0.292 e. The number of hydrogen-bond acceptors (Lipinski definition) is 2. The maximum atomic E-state index is 5.08. The first-order chi connectivity index (χ1) is 14.2. The maximum absolute atomic E-state index is 5.08. The first-order valence-corrected chi connectivity index (χ1v) is 10.7. The molecule has 0 aliphatic heterocycles. The molecule has 3 aromatic carbocycles. The van der Waals surface area contributed by atoms with Crippen LogP contribution in [0.5, 0.6) is 0 Å². The van der Waals surface area contributed by atoms with E-state index in [9.17, 15) is 0 Å². The van der Waals surface area contributed by atoms with Crippen LogP contribution in [0.2, 0.25) is 0 Å². The van der Waals surface area contributed by atoms with E-state index in [-0.39, 0.29) is 0 Å². The molecule has 0 atom stereocenters. The van der Waals surface area contributed by atoms with Gasteiger partial charge in [-0.3, -0.25) is 9.55 Å². The first kappa shape index (κ1) is 18.3. The zero-order valence-corrected chi connectivity index (χ0v) is 18.4. The lowest BCUT2D eigenvalue weighted by Gasteiger charge is -2.10. The van der Waals surface area contributed by atoms with Crippen molar-refractivity contribution in [2.24, 2.45) is 0 Å². The summed E-state index contributed by atoms with van der Waals surface area (Å²) in [6.45, 7) is 0. The predicted molar refractivity (Wildman–Crippen MR) is 125 cm³/mol. The SMILES string of the molecule is Brc1cc(Br)cc(-c2nc3c(-c4ccccc4)nccc3n2-c2ccccc2)c1. The fourth-order valence-corrected chi connectivity index (χ4v) is 4.82. The molecule has 0 unspecified atom stereocenters. The van der Waals surface area contributed by atoms with E-state index in [0.29, 0.717) is 0 Å². The van der Waals surface area contributed by atoms with Crippen molar-refractivity contribution in [2.45, 2.75) is 0 Å².